The van der Waals surface area contributed by atoms with Crippen molar-refractivity contribution in [3.63, 3.8) is 0 Å². The second-order valence-electron chi connectivity index (χ2n) is 3.65. The molecule has 0 amide bonds. The normalized spacial score (nSPS) is 12.0. The number of aldehydes is 1. The number of aliphatic imine (C=N–C) groups is 1. The number of carbonyl (C=O) groups excluding carboxylic acids is 1. The lowest BCUT2D eigenvalue weighted by Crippen LogP contribution is -2.01. The van der Waals surface area contributed by atoms with E-state index in [2.05, 4.69) is 16.9 Å². The maximum absolute atomic E-state index is 10.9. The van der Waals surface area contributed by atoms with Crippen LogP contribution in [0.3, 0.4) is 0 Å². The van der Waals surface area contributed by atoms with Crippen LogP contribution in [0.25, 0.3) is 5.57 Å². The lowest BCUT2D eigenvalue weighted by molar-refractivity contribution is 0.111. The zero-order valence-corrected chi connectivity index (χ0v) is 10.2. The molecule has 90 valence electrons. The molecule has 1 aromatic heterocycles. The van der Waals surface area contributed by atoms with Crippen molar-refractivity contribution >= 4 is 18.1 Å². The van der Waals surface area contributed by atoms with Gasteiger partial charge in [0.15, 0.2) is 6.29 Å². The monoisotopic (exact) mass is 231 g/mol. The second kappa shape index (κ2) is 6.58. The number of pyridine rings is 1. The molecule has 1 aromatic rings. The lowest BCUT2D eigenvalue weighted by Gasteiger charge is -2.07. The fourth-order valence-corrected chi connectivity index (χ4v) is 1.61. The zero-order chi connectivity index (χ0) is 12.7. The van der Waals surface area contributed by atoms with Crippen LogP contribution in [0.15, 0.2) is 23.5 Å². The molecule has 1 heterocycles. The van der Waals surface area contributed by atoms with Crippen LogP contribution in [-0.2, 0) is 6.42 Å². The lowest BCUT2D eigenvalue weighted by atomic mass is 10.0. The van der Waals surface area contributed by atoms with Crippen molar-refractivity contribution in [3.8, 4) is 0 Å². The summed E-state index contributed by atoms with van der Waals surface area (Å²) in [6.07, 6.45) is 7.49. The van der Waals surface area contributed by atoms with E-state index in [0.29, 0.717) is 11.3 Å². The summed E-state index contributed by atoms with van der Waals surface area (Å²) in [5, 5.41) is 0. The van der Waals surface area contributed by atoms with Gasteiger partial charge < -0.3 is 5.73 Å². The molecule has 0 aliphatic rings. The van der Waals surface area contributed by atoms with E-state index in [-0.39, 0.29) is 0 Å². The first-order valence-corrected chi connectivity index (χ1v) is 5.55. The Bertz CT molecular complexity index is 450. The van der Waals surface area contributed by atoms with E-state index in [9.17, 15) is 4.79 Å². The molecule has 0 aromatic carbocycles. The van der Waals surface area contributed by atoms with E-state index < -0.39 is 0 Å². The van der Waals surface area contributed by atoms with Crippen LogP contribution >= 0.6 is 0 Å². The predicted molar refractivity (Wildman–Crippen MR) is 70.2 cm³/mol. The fourth-order valence-electron chi connectivity index (χ4n) is 1.61. The molecule has 0 aliphatic heterocycles. The minimum Gasteiger partial charge on any atom is -0.404 e. The van der Waals surface area contributed by atoms with Crippen molar-refractivity contribution in [2.24, 2.45) is 10.7 Å². The number of nitrogens with two attached hydrogens (primary N) is 1. The van der Waals surface area contributed by atoms with Gasteiger partial charge in [-0.25, -0.2) is 0 Å². The van der Waals surface area contributed by atoms with Gasteiger partial charge in [-0.3, -0.25) is 14.8 Å². The predicted octanol–water partition coefficient (Wildman–Crippen LogP) is 1.85. The molecule has 4 heteroatoms. The average Bonchev–Trinajstić information content (AvgIpc) is 2.36. The first-order valence-electron chi connectivity index (χ1n) is 5.55. The Morgan fingerprint density at radius 1 is 1.59 bits per heavy atom. The SMILES string of the molecule is CCCc1cnc(C=O)c(C(C=NC)=CN)c1. The van der Waals surface area contributed by atoms with Crippen molar-refractivity contribution in [3.05, 3.63) is 35.3 Å². The van der Waals surface area contributed by atoms with Crippen LogP contribution in [0.2, 0.25) is 0 Å². The molecule has 0 atom stereocenters. The molecule has 4 nitrogen and oxygen atoms in total. The highest BCUT2D eigenvalue weighted by Gasteiger charge is 2.08. The fraction of sp³-hybridized carbons (Fsp3) is 0.308. The molecule has 0 saturated heterocycles. The summed E-state index contributed by atoms with van der Waals surface area (Å²) >= 11 is 0. The van der Waals surface area contributed by atoms with Gasteiger partial charge in [0.25, 0.3) is 0 Å². The minimum atomic E-state index is 0.390. The zero-order valence-electron chi connectivity index (χ0n) is 10.2. The smallest absolute Gasteiger partial charge is 0.169 e. The average molecular weight is 231 g/mol. The van der Waals surface area contributed by atoms with Crippen molar-refractivity contribution in [1.29, 1.82) is 0 Å². The van der Waals surface area contributed by atoms with E-state index in [1.54, 1.807) is 19.5 Å². The summed E-state index contributed by atoms with van der Waals surface area (Å²) in [5.74, 6) is 0. The Labute approximate surface area is 101 Å². The molecular formula is C13H17N3O. The molecule has 0 spiro atoms. The van der Waals surface area contributed by atoms with Crippen molar-refractivity contribution < 1.29 is 4.79 Å². The van der Waals surface area contributed by atoms with Crippen molar-refractivity contribution in [1.82, 2.24) is 4.98 Å². The van der Waals surface area contributed by atoms with Crippen LogP contribution in [0.4, 0.5) is 0 Å². The second-order valence-corrected chi connectivity index (χ2v) is 3.65. The number of rotatable bonds is 5. The van der Waals surface area contributed by atoms with Gasteiger partial charge in [0, 0.05) is 36.8 Å². The summed E-state index contributed by atoms with van der Waals surface area (Å²) in [6, 6.07) is 1.95. The summed E-state index contributed by atoms with van der Waals surface area (Å²) in [4.78, 5) is 19.0. The van der Waals surface area contributed by atoms with Crippen molar-refractivity contribution in [2.75, 3.05) is 7.05 Å². The molecule has 0 bridgehead atoms. The maximum atomic E-state index is 10.9. The minimum absolute atomic E-state index is 0.390. The summed E-state index contributed by atoms with van der Waals surface area (Å²) in [7, 11) is 1.66. The van der Waals surface area contributed by atoms with Gasteiger partial charge in [0.05, 0.1) is 0 Å². The van der Waals surface area contributed by atoms with Gasteiger partial charge in [-0.15, -0.1) is 0 Å². The Morgan fingerprint density at radius 3 is 2.88 bits per heavy atom. The summed E-state index contributed by atoms with van der Waals surface area (Å²) in [6.45, 7) is 2.10. The Kier molecular flexibility index (Phi) is 5.07. The maximum Gasteiger partial charge on any atom is 0.169 e. The largest absolute Gasteiger partial charge is 0.404 e. The molecule has 0 radical (unpaired) electrons. The topological polar surface area (TPSA) is 68.3 Å². The van der Waals surface area contributed by atoms with Gasteiger partial charge in [-0.2, -0.15) is 0 Å². The third kappa shape index (κ3) is 3.24. The first-order chi connectivity index (χ1) is 8.26. The van der Waals surface area contributed by atoms with E-state index in [1.807, 2.05) is 6.07 Å². The van der Waals surface area contributed by atoms with Gasteiger partial charge >= 0.3 is 0 Å². The van der Waals surface area contributed by atoms with Crippen LogP contribution in [0.5, 0.6) is 0 Å². The number of hydrogen-bond donors (Lipinski definition) is 1. The van der Waals surface area contributed by atoms with E-state index in [4.69, 9.17) is 5.73 Å². The van der Waals surface area contributed by atoms with Gasteiger partial charge in [0.1, 0.15) is 5.69 Å². The number of aromatic nitrogens is 1. The standard InChI is InChI=1S/C13H17N3O/c1-3-4-10-5-12(11(6-14)8-15-2)13(9-17)16-7-10/h5-9H,3-4,14H2,1-2H3. The van der Waals surface area contributed by atoms with E-state index in [1.165, 1.54) is 6.20 Å². The van der Waals surface area contributed by atoms with E-state index in [0.717, 1.165) is 30.3 Å². The van der Waals surface area contributed by atoms with E-state index >= 15 is 0 Å². The molecule has 0 saturated carbocycles. The number of allylic oxidation sites excluding steroid dienone is 1. The number of hydrogen-bond acceptors (Lipinski definition) is 4. The highest BCUT2D eigenvalue weighted by atomic mass is 16.1. The molecule has 0 aliphatic carbocycles. The Hall–Kier alpha value is -1.97. The third-order valence-corrected chi connectivity index (χ3v) is 2.38. The number of nitrogens with zero attached hydrogens (tertiary/aromatic N) is 2. The summed E-state index contributed by atoms with van der Waals surface area (Å²) < 4.78 is 0. The first kappa shape index (κ1) is 13.1. The third-order valence-electron chi connectivity index (χ3n) is 2.38. The van der Waals surface area contributed by atoms with Crippen LogP contribution < -0.4 is 5.73 Å². The number of carbonyl (C=O) groups is 1. The molecule has 2 N–H and O–H groups in total. The quantitative estimate of drug-likeness (QED) is 0.621. The van der Waals surface area contributed by atoms with Crippen LogP contribution in [-0.4, -0.2) is 24.5 Å². The molecule has 0 fully saturated rings. The number of aryl methyl sites for hydroxylation is 1. The highest BCUT2D eigenvalue weighted by Crippen LogP contribution is 2.17. The van der Waals surface area contributed by atoms with Gasteiger partial charge in [-0.05, 0) is 18.1 Å². The molecular weight excluding hydrogens is 214 g/mol. The van der Waals surface area contributed by atoms with Gasteiger partial charge in [-0.1, -0.05) is 13.3 Å². The highest BCUT2D eigenvalue weighted by molar-refractivity contribution is 6.11. The Balaban J connectivity index is 3.26. The van der Waals surface area contributed by atoms with Gasteiger partial charge in [0.2, 0.25) is 0 Å². The molecule has 17 heavy (non-hydrogen) atoms. The van der Waals surface area contributed by atoms with Crippen molar-refractivity contribution in [2.45, 2.75) is 19.8 Å². The van der Waals surface area contributed by atoms with Crippen LogP contribution in [0, 0.1) is 0 Å². The van der Waals surface area contributed by atoms with Crippen LogP contribution in [0.1, 0.15) is 35.0 Å². The Morgan fingerprint density at radius 2 is 2.35 bits per heavy atom. The summed E-state index contributed by atoms with van der Waals surface area (Å²) in [5.41, 5.74) is 8.47. The molecule has 1 rings (SSSR count). The molecule has 0 unspecified atom stereocenters.